The molecule has 0 unspecified atom stereocenters. The van der Waals surface area contributed by atoms with E-state index in [0.717, 1.165) is 30.3 Å². The van der Waals surface area contributed by atoms with Crippen LogP contribution in [0.15, 0.2) is 35.5 Å². The van der Waals surface area contributed by atoms with Crippen molar-refractivity contribution in [1.82, 2.24) is 10.3 Å². The van der Waals surface area contributed by atoms with Gasteiger partial charge in [-0.3, -0.25) is 0 Å². The summed E-state index contributed by atoms with van der Waals surface area (Å²) in [5.74, 6) is 0.855. The predicted molar refractivity (Wildman–Crippen MR) is 72.3 cm³/mol. The van der Waals surface area contributed by atoms with E-state index in [0.29, 0.717) is 5.02 Å². The quantitative estimate of drug-likeness (QED) is 0.460. The lowest BCUT2D eigenvalue weighted by Crippen LogP contribution is -2.18. The lowest BCUT2D eigenvalue weighted by atomic mass is 10.3. The summed E-state index contributed by atoms with van der Waals surface area (Å²) < 4.78 is 0. The van der Waals surface area contributed by atoms with Crippen molar-refractivity contribution in [3.05, 3.63) is 35.5 Å². The molecule has 1 N–H and O–H groups in total. The van der Waals surface area contributed by atoms with Crippen molar-refractivity contribution >= 4 is 23.4 Å². The van der Waals surface area contributed by atoms with E-state index in [9.17, 15) is 0 Å². The molecule has 0 amide bonds. The lowest BCUT2D eigenvalue weighted by Gasteiger charge is -2.07. The van der Waals surface area contributed by atoms with Crippen molar-refractivity contribution in [2.45, 2.75) is 18.4 Å². The Hall–Kier alpha value is -0.510. The Kier molecular flexibility index (Phi) is 6.53. The highest BCUT2D eigenvalue weighted by molar-refractivity contribution is 7.99. The van der Waals surface area contributed by atoms with Crippen LogP contribution < -0.4 is 5.32 Å². The minimum Gasteiger partial charge on any atom is -0.313 e. The molecule has 0 saturated heterocycles. The maximum atomic E-state index is 6.01. The molecule has 1 aromatic heterocycles. The molecule has 0 fully saturated rings. The first kappa shape index (κ1) is 13.6. The van der Waals surface area contributed by atoms with E-state index in [2.05, 4.69) is 23.8 Å². The second-order valence-corrected chi connectivity index (χ2v) is 4.88. The molecule has 0 aliphatic heterocycles. The third-order valence-corrected chi connectivity index (χ3v) is 3.51. The summed E-state index contributed by atoms with van der Waals surface area (Å²) in [5.41, 5.74) is 1.17. The first-order valence-corrected chi connectivity index (χ1v) is 6.71. The third kappa shape index (κ3) is 5.01. The Balaban J connectivity index is 2.29. The van der Waals surface area contributed by atoms with Crippen LogP contribution >= 0.6 is 23.4 Å². The minimum absolute atomic E-state index is 0.710. The number of pyridine rings is 1. The number of aromatic nitrogens is 1. The second kappa shape index (κ2) is 7.71. The largest absolute Gasteiger partial charge is 0.313 e. The fraction of sp³-hybridized carbons (Fsp3) is 0.417. The van der Waals surface area contributed by atoms with Crippen molar-refractivity contribution in [2.75, 3.05) is 18.8 Å². The zero-order valence-electron chi connectivity index (χ0n) is 9.50. The van der Waals surface area contributed by atoms with Gasteiger partial charge in [-0.1, -0.05) is 30.7 Å². The van der Waals surface area contributed by atoms with Gasteiger partial charge in [-0.05, 0) is 25.1 Å². The Bertz CT molecular complexity index is 342. The average molecular weight is 257 g/mol. The molecule has 1 aromatic rings. The van der Waals surface area contributed by atoms with Gasteiger partial charge in [0.1, 0.15) is 5.03 Å². The lowest BCUT2D eigenvalue weighted by molar-refractivity contribution is 0.716. The summed E-state index contributed by atoms with van der Waals surface area (Å²) in [4.78, 5) is 4.22. The highest BCUT2D eigenvalue weighted by Gasteiger charge is 2.02. The van der Waals surface area contributed by atoms with E-state index >= 15 is 0 Å². The number of hydrogen-bond acceptors (Lipinski definition) is 3. The molecule has 0 atom stereocenters. The second-order valence-electron chi connectivity index (χ2n) is 3.51. The molecule has 0 aliphatic rings. The van der Waals surface area contributed by atoms with Crippen LogP contribution in [0.5, 0.6) is 0 Å². The minimum atomic E-state index is 0.710. The van der Waals surface area contributed by atoms with E-state index < -0.39 is 0 Å². The average Bonchev–Trinajstić information content (AvgIpc) is 2.28. The number of halogens is 1. The molecule has 0 aliphatic carbocycles. The van der Waals surface area contributed by atoms with Gasteiger partial charge in [-0.2, -0.15) is 0 Å². The highest BCUT2D eigenvalue weighted by atomic mass is 35.5. The van der Waals surface area contributed by atoms with E-state index in [-0.39, 0.29) is 0 Å². The molecule has 4 heteroatoms. The number of nitrogens with one attached hydrogen (secondary N) is 1. The van der Waals surface area contributed by atoms with Crippen molar-refractivity contribution in [2.24, 2.45) is 0 Å². The van der Waals surface area contributed by atoms with Crippen LogP contribution in [0, 0.1) is 0 Å². The van der Waals surface area contributed by atoms with Crippen LogP contribution in [0.2, 0.25) is 5.02 Å². The molecule has 0 bridgehead atoms. The van der Waals surface area contributed by atoms with E-state index in [1.54, 1.807) is 18.0 Å². The molecule has 1 rings (SSSR count). The highest BCUT2D eigenvalue weighted by Crippen LogP contribution is 2.25. The number of hydrogen-bond donors (Lipinski definition) is 1. The Morgan fingerprint density at radius 3 is 3.12 bits per heavy atom. The number of thioether (sulfide) groups is 1. The Labute approximate surface area is 106 Å². The van der Waals surface area contributed by atoms with Gasteiger partial charge in [0, 0.05) is 18.5 Å². The number of nitrogens with zero attached hydrogens (tertiary/aromatic N) is 1. The summed E-state index contributed by atoms with van der Waals surface area (Å²) in [6.07, 6.45) is 2.90. The molecule has 2 nitrogen and oxygen atoms in total. The van der Waals surface area contributed by atoms with Gasteiger partial charge in [0.25, 0.3) is 0 Å². The topological polar surface area (TPSA) is 24.9 Å². The molecule has 16 heavy (non-hydrogen) atoms. The summed E-state index contributed by atoms with van der Waals surface area (Å²) in [7, 11) is 0. The van der Waals surface area contributed by atoms with Gasteiger partial charge in [0.05, 0.1) is 5.02 Å². The summed E-state index contributed by atoms with van der Waals surface area (Å²) in [5, 5.41) is 4.91. The molecule has 1 heterocycles. The van der Waals surface area contributed by atoms with Crippen molar-refractivity contribution in [3.8, 4) is 0 Å². The SMILES string of the molecule is C=C(CNCCC)CSc1ncccc1Cl. The van der Waals surface area contributed by atoms with E-state index in [4.69, 9.17) is 11.6 Å². The molecule has 0 radical (unpaired) electrons. The standard InChI is InChI=1S/C12H17ClN2S/c1-3-6-14-8-10(2)9-16-12-11(13)5-4-7-15-12/h4-5,7,14H,2-3,6,8-9H2,1H3. The van der Waals surface area contributed by atoms with Crippen LogP contribution in [-0.4, -0.2) is 23.8 Å². The van der Waals surface area contributed by atoms with Crippen LogP contribution in [0.1, 0.15) is 13.3 Å². The van der Waals surface area contributed by atoms with Gasteiger partial charge in [0.15, 0.2) is 0 Å². The maximum Gasteiger partial charge on any atom is 0.115 e. The van der Waals surface area contributed by atoms with E-state index in [1.807, 2.05) is 12.1 Å². The molecule has 0 saturated carbocycles. The van der Waals surface area contributed by atoms with Gasteiger partial charge < -0.3 is 5.32 Å². The smallest absolute Gasteiger partial charge is 0.115 e. The number of rotatable bonds is 7. The molecule has 88 valence electrons. The third-order valence-electron chi connectivity index (χ3n) is 1.94. The van der Waals surface area contributed by atoms with Gasteiger partial charge in [-0.25, -0.2) is 4.98 Å². The van der Waals surface area contributed by atoms with Crippen LogP contribution in [0.25, 0.3) is 0 Å². The van der Waals surface area contributed by atoms with Crippen molar-refractivity contribution in [3.63, 3.8) is 0 Å². The predicted octanol–water partition coefficient (Wildman–Crippen LogP) is 3.38. The fourth-order valence-electron chi connectivity index (χ4n) is 1.14. The van der Waals surface area contributed by atoms with Crippen molar-refractivity contribution < 1.29 is 0 Å². The zero-order valence-corrected chi connectivity index (χ0v) is 11.1. The maximum absolute atomic E-state index is 6.01. The molecular formula is C12H17ClN2S. The van der Waals surface area contributed by atoms with Crippen LogP contribution in [-0.2, 0) is 0 Å². The monoisotopic (exact) mass is 256 g/mol. The van der Waals surface area contributed by atoms with Gasteiger partial charge in [0.2, 0.25) is 0 Å². The zero-order chi connectivity index (χ0) is 11.8. The Morgan fingerprint density at radius 2 is 2.44 bits per heavy atom. The van der Waals surface area contributed by atoms with Gasteiger partial charge in [-0.15, -0.1) is 11.8 Å². The Morgan fingerprint density at radius 1 is 1.62 bits per heavy atom. The first-order chi connectivity index (χ1) is 7.74. The first-order valence-electron chi connectivity index (χ1n) is 5.34. The van der Waals surface area contributed by atoms with Gasteiger partial charge >= 0.3 is 0 Å². The van der Waals surface area contributed by atoms with Crippen LogP contribution in [0.3, 0.4) is 0 Å². The molecule has 0 spiro atoms. The normalized spacial score (nSPS) is 10.4. The fourth-order valence-corrected chi connectivity index (χ4v) is 2.21. The summed E-state index contributed by atoms with van der Waals surface area (Å²) in [6, 6.07) is 3.69. The summed E-state index contributed by atoms with van der Waals surface area (Å²) >= 11 is 7.64. The van der Waals surface area contributed by atoms with E-state index in [1.165, 1.54) is 5.57 Å². The summed E-state index contributed by atoms with van der Waals surface area (Å²) in [6.45, 7) is 8.07. The van der Waals surface area contributed by atoms with Crippen molar-refractivity contribution in [1.29, 1.82) is 0 Å². The molecule has 0 aromatic carbocycles. The molecular weight excluding hydrogens is 240 g/mol. The van der Waals surface area contributed by atoms with Crippen LogP contribution in [0.4, 0.5) is 0 Å².